The number of aliphatic hydroxyl groups is 1. The lowest BCUT2D eigenvalue weighted by Crippen LogP contribution is -2.30. The molecule has 0 amide bonds. The van der Waals surface area contributed by atoms with Crippen molar-refractivity contribution < 1.29 is 14.2 Å². The van der Waals surface area contributed by atoms with Gasteiger partial charge < -0.3 is 9.84 Å². The van der Waals surface area contributed by atoms with Crippen LogP contribution in [-0.4, -0.2) is 29.3 Å². The van der Waals surface area contributed by atoms with Crippen LogP contribution >= 0.6 is 23.4 Å². The van der Waals surface area contributed by atoms with Gasteiger partial charge in [-0.25, -0.2) is 4.39 Å². The Hall–Kier alpha value is -0.290. The fourth-order valence-corrected chi connectivity index (χ4v) is 2.68. The maximum atomic E-state index is 13.5. The molecule has 1 saturated heterocycles. The van der Waals surface area contributed by atoms with Crippen molar-refractivity contribution in [1.29, 1.82) is 0 Å². The molecule has 0 saturated carbocycles. The minimum Gasteiger partial charge on any atom is -0.386 e. The number of thioether (sulfide) groups is 1. The average molecular weight is 263 g/mol. The van der Waals surface area contributed by atoms with E-state index >= 15 is 0 Å². The number of halogens is 2. The topological polar surface area (TPSA) is 29.5 Å². The Labute approximate surface area is 103 Å². The molecule has 1 aromatic rings. The van der Waals surface area contributed by atoms with Crippen LogP contribution in [0.3, 0.4) is 0 Å². The van der Waals surface area contributed by atoms with E-state index in [0.29, 0.717) is 17.4 Å². The number of rotatable bonds is 2. The lowest BCUT2D eigenvalue weighted by molar-refractivity contribution is -0.0241. The van der Waals surface area contributed by atoms with Crippen LogP contribution in [0.5, 0.6) is 0 Å². The van der Waals surface area contributed by atoms with Crippen molar-refractivity contribution >= 4 is 23.4 Å². The predicted molar refractivity (Wildman–Crippen MR) is 63.4 cm³/mol. The molecule has 2 atom stereocenters. The van der Waals surface area contributed by atoms with Gasteiger partial charge in [0.1, 0.15) is 11.9 Å². The van der Waals surface area contributed by atoms with Crippen molar-refractivity contribution in [2.24, 2.45) is 0 Å². The fourth-order valence-electron chi connectivity index (χ4n) is 1.63. The highest BCUT2D eigenvalue weighted by Gasteiger charge is 2.26. The van der Waals surface area contributed by atoms with Gasteiger partial charge in [-0.2, -0.15) is 11.8 Å². The second kappa shape index (κ2) is 5.36. The molecule has 1 fully saturated rings. The second-order valence-corrected chi connectivity index (χ2v) is 5.18. The van der Waals surface area contributed by atoms with E-state index in [2.05, 4.69) is 0 Å². The first-order valence-electron chi connectivity index (χ1n) is 5.01. The summed E-state index contributed by atoms with van der Waals surface area (Å²) in [5, 5.41) is 10.3. The van der Waals surface area contributed by atoms with Gasteiger partial charge in [-0.15, -0.1) is 0 Å². The van der Waals surface area contributed by atoms with Crippen LogP contribution in [0, 0.1) is 5.82 Å². The Morgan fingerprint density at radius 2 is 2.38 bits per heavy atom. The monoisotopic (exact) mass is 262 g/mol. The van der Waals surface area contributed by atoms with Gasteiger partial charge >= 0.3 is 0 Å². The van der Waals surface area contributed by atoms with Crippen LogP contribution in [0.15, 0.2) is 18.2 Å². The first kappa shape index (κ1) is 12.2. The first-order chi connectivity index (χ1) is 7.68. The predicted octanol–water partition coefficient (Wildman–Crippen LogP) is 2.64. The molecule has 16 heavy (non-hydrogen) atoms. The zero-order valence-corrected chi connectivity index (χ0v) is 10.1. The van der Waals surface area contributed by atoms with Gasteiger partial charge in [0.15, 0.2) is 0 Å². The lowest BCUT2D eigenvalue weighted by Gasteiger charge is -2.27. The summed E-state index contributed by atoms with van der Waals surface area (Å²) < 4.78 is 19.0. The summed E-state index contributed by atoms with van der Waals surface area (Å²) in [6.07, 6.45) is -1.26. The molecule has 1 aliphatic heterocycles. The molecule has 1 N–H and O–H groups in total. The Bertz CT molecular complexity index is 369. The first-order valence-corrected chi connectivity index (χ1v) is 6.54. The van der Waals surface area contributed by atoms with Gasteiger partial charge in [0.2, 0.25) is 0 Å². The molecule has 2 unspecified atom stereocenters. The maximum Gasteiger partial charge on any atom is 0.130 e. The summed E-state index contributed by atoms with van der Waals surface area (Å²) >= 11 is 7.35. The van der Waals surface area contributed by atoms with E-state index in [0.717, 1.165) is 5.75 Å². The van der Waals surface area contributed by atoms with E-state index in [4.69, 9.17) is 16.3 Å². The number of benzene rings is 1. The highest BCUT2D eigenvalue weighted by Crippen LogP contribution is 2.28. The summed E-state index contributed by atoms with van der Waals surface area (Å²) in [6, 6.07) is 4.28. The van der Waals surface area contributed by atoms with Crippen molar-refractivity contribution in [1.82, 2.24) is 0 Å². The SMILES string of the molecule is OC(c1ccc(Cl)cc1F)C1CSCCO1. The van der Waals surface area contributed by atoms with Crippen molar-refractivity contribution in [2.45, 2.75) is 12.2 Å². The Morgan fingerprint density at radius 1 is 1.56 bits per heavy atom. The van der Waals surface area contributed by atoms with Crippen molar-refractivity contribution in [3.05, 3.63) is 34.6 Å². The number of hydrogen-bond acceptors (Lipinski definition) is 3. The molecule has 5 heteroatoms. The van der Waals surface area contributed by atoms with E-state index in [9.17, 15) is 9.50 Å². The largest absolute Gasteiger partial charge is 0.386 e. The molecule has 0 radical (unpaired) electrons. The van der Waals surface area contributed by atoms with Crippen molar-refractivity contribution in [3.63, 3.8) is 0 Å². The minimum atomic E-state index is -0.926. The van der Waals surface area contributed by atoms with Gasteiger partial charge in [0.05, 0.1) is 12.7 Å². The Kier molecular flexibility index (Phi) is 4.08. The van der Waals surface area contributed by atoms with Crippen LogP contribution in [0.1, 0.15) is 11.7 Å². The smallest absolute Gasteiger partial charge is 0.130 e. The standard InChI is InChI=1S/C11H12ClFO2S/c12-7-1-2-8(9(13)5-7)11(14)10-6-16-4-3-15-10/h1-2,5,10-11,14H,3-4,6H2. The van der Waals surface area contributed by atoms with Crippen molar-refractivity contribution in [2.75, 3.05) is 18.1 Å². The van der Waals surface area contributed by atoms with Gasteiger partial charge in [-0.3, -0.25) is 0 Å². The molecule has 0 aliphatic carbocycles. The Balaban J connectivity index is 2.15. The molecule has 2 rings (SSSR count). The minimum absolute atomic E-state index is 0.247. The molecule has 0 spiro atoms. The van der Waals surface area contributed by atoms with E-state index < -0.39 is 11.9 Å². The normalized spacial score (nSPS) is 23.1. The third-order valence-corrected chi connectivity index (χ3v) is 3.73. The number of aliphatic hydroxyl groups excluding tert-OH is 1. The highest BCUT2D eigenvalue weighted by atomic mass is 35.5. The number of hydrogen-bond donors (Lipinski definition) is 1. The van der Waals surface area contributed by atoms with E-state index in [1.54, 1.807) is 17.8 Å². The highest BCUT2D eigenvalue weighted by molar-refractivity contribution is 7.99. The lowest BCUT2D eigenvalue weighted by atomic mass is 10.0. The third kappa shape index (κ3) is 2.69. The van der Waals surface area contributed by atoms with Gasteiger partial charge in [0, 0.05) is 22.1 Å². The zero-order chi connectivity index (χ0) is 11.5. The zero-order valence-electron chi connectivity index (χ0n) is 8.53. The molecule has 1 aliphatic rings. The van der Waals surface area contributed by atoms with Crippen molar-refractivity contribution in [3.8, 4) is 0 Å². The molecule has 1 aromatic carbocycles. The van der Waals surface area contributed by atoms with Crippen LogP contribution in [0.4, 0.5) is 4.39 Å². The summed E-state index contributed by atoms with van der Waals surface area (Å²) in [6.45, 7) is 0.599. The van der Waals surface area contributed by atoms with Crippen LogP contribution < -0.4 is 0 Å². The summed E-state index contributed by atoms with van der Waals surface area (Å²) in [5.74, 6) is 1.12. The molecule has 2 nitrogen and oxygen atoms in total. The average Bonchev–Trinajstić information content (AvgIpc) is 2.29. The summed E-state index contributed by atoms with van der Waals surface area (Å²) in [5.41, 5.74) is 0.247. The summed E-state index contributed by atoms with van der Waals surface area (Å²) in [4.78, 5) is 0. The van der Waals surface area contributed by atoms with Gasteiger partial charge in [-0.05, 0) is 12.1 Å². The van der Waals surface area contributed by atoms with Crippen LogP contribution in [-0.2, 0) is 4.74 Å². The molecule has 88 valence electrons. The quantitative estimate of drug-likeness (QED) is 0.889. The Morgan fingerprint density at radius 3 is 3.00 bits per heavy atom. The molecule has 1 heterocycles. The number of ether oxygens (including phenoxy) is 1. The van der Waals surface area contributed by atoms with E-state index in [1.165, 1.54) is 12.1 Å². The van der Waals surface area contributed by atoms with Crippen LogP contribution in [0.25, 0.3) is 0 Å². The van der Waals surface area contributed by atoms with E-state index in [-0.39, 0.29) is 11.7 Å². The fraction of sp³-hybridized carbons (Fsp3) is 0.455. The molecule has 0 aromatic heterocycles. The second-order valence-electron chi connectivity index (χ2n) is 3.59. The van der Waals surface area contributed by atoms with Crippen LogP contribution in [0.2, 0.25) is 5.02 Å². The third-order valence-electron chi connectivity index (χ3n) is 2.48. The maximum absolute atomic E-state index is 13.5. The molecular formula is C11H12ClFO2S. The molecular weight excluding hydrogens is 251 g/mol. The van der Waals surface area contributed by atoms with Gasteiger partial charge in [-0.1, -0.05) is 17.7 Å². The van der Waals surface area contributed by atoms with E-state index in [1.807, 2.05) is 0 Å². The summed E-state index contributed by atoms with van der Waals surface area (Å²) in [7, 11) is 0. The molecule has 0 bridgehead atoms. The van der Waals surface area contributed by atoms with Gasteiger partial charge in [0.25, 0.3) is 0 Å².